The van der Waals surface area contributed by atoms with Crippen molar-refractivity contribution < 1.29 is 4.42 Å². The molecule has 0 amide bonds. The first-order valence-corrected chi connectivity index (χ1v) is 7.89. The van der Waals surface area contributed by atoms with Gasteiger partial charge in [-0.05, 0) is 44.7 Å². The maximum Gasteiger partial charge on any atom is 0.122 e. The number of nitrogens with one attached hydrogen (secondary N) is 1. The fourth-order valence-electron chi connectivity index (χ4n) is 2.60. The van der Waals surface area contributed by atoms with Crippen molar-refractivity contribution in [3.05, 3.63) is 23.7 Å². The molecule has 106 valence electrons. The van der Waals surface area contributed by atoms with Gasteiger partial charge in [0, 0.05) is 24.2 Å². The molecule has 0 bridgehead atoms. The van der Waals surface area contributed by atoms with Gasteiger partial charge in [0.1, 0.15) is 5.76 Å². The third-order valence-corrected chi connectivity index (χ3v) is 4.20. The number of furan rings is 1. The predicted octanol–water partition coefficient (Wildman–Crippen LogP) is 3.30. The van der Waals surface area contributed by atoms with Crippen molar-refractivity contribution in [3.8, 4) is 0 Å². The number of hydrogen-bond acceptors (Lipinski definition) is 3. The molecule has 0 unspecified atom stereocenters. The Morgan fingerprint density at radius 1 is 1.32 bits per heavy atom. The molecule has 0 aromatic carbocycles. The molecule has 2 aliphatic rings. The summed E-state index contributed by atoms with van der Waals surface area (Å²) in [6.45, 7) is 5.48. The van der Waals surface area contributed by atoms with Crippen molar-refractivity contribution in [1.29, 1.82) is 0 Å². The van der Waals surface area contributed by atoms with Crippen LogP contribution in [-0.2, 0) is 13.1 Å². The van der Waals surface area contributed by atoms with Gasteiger partial charge >= 0.3 is 0 Å². The fraction of sp³-hybridized carbons (Fsp3) is 0.750. The molecule has 0 spiro atoms. The second kappa shape index (κ2) is 6.10. The lowest BCUT2D eigenvalue weighted by Crippen LogP contribution is -2.27. The fourth-order valence-corrected chi connectivity index (χ4v) is 2.60. The first kappa shape index (κ1) is 13.2. The third-order valence-electron chi connectivity index (χ3n) is 4.20. The van der Waals surface area contributed by atoms with Crippen molar-refractivity contribution in [2.45, 2.75) is 70.6 Å². The third kappa shape index (κ3) is 3.83. The molecule has 1 aromatic heterocycles. The van der Waals surface area contributed by atoms with Gasteiger partial charge in [0.05, 0.1) is 12.8 Å². The smallest absolute Gasteiger partial charge is 0.122 e. The lowest BCUT2D eigenvalue weighted by Gasteiger charge is -2.21. The molecule has 3 rings (SSSR count). The average Bonchev–Trinajstić information content (AvgIpc) is 3.32. The predicted molar refractivity (Wildman–Crippen MR) is 76.9 cm³/mol. The Bertz CT molecular complexity index is 393. The molecule has 2 fully saturated rings. The molecule has 0 atom stereocenters. The van der Waals surface area contributed by atoms with Crippen molar-refractivity contribution >= 4 is 0 Å². The van der Waals surface area contributed by atoms with E-state index in [9.17, 15) is 0 Å². The Morgan fingerprint density at radius 3 is 2.84 bits per heavy atom. The van der Waals surface area contributed by atoms with Crippen LogP contribution in [0.4, 0.5) is 0 Å². The van der Waals surface area contributed by atoms with Gasteiger partial charge in [-0.1, -0.05) is 13.3 Å². The summed E-state index contributed by atoms with van der Waals surface area (Å²) in [4.78, 5) is 2.65. The monoisotopic (exact) mass is 262 g/mol. The van der Waals surface area contributed by atoms with Gasteiger partial charge in [0.15, 0.2) is 0 Å². The highest BCUT2D eigenvalue weighted by Gasteiger charge is 2.29. The highest BCUT2D eigenvalue weighted by Crippen LogP contribution is 2.29. The largest absolute Gasteiger partial charge is 0.468 e. The Labute approximate surface area is 116 Å². The SMILES string of the molecule is CCCCN(Cc1ccoc1CNC1CC1)C1CC1. The van der Waals surface area contributed by atoms with Gasteiger partial charge in [0.2, 0.25) is 0 Å². The number of rotatable bonds is 9. The van der Waals surface area contributed by atoms with E-state index in [1.165, 1.54) is 50.6 Å². The minimum atomic E-state index is 0.748. The van der Waals surface area contributed by atoms with Gasteiger partial charge in [0.25, 0.3) is 0 Å². The van der Waals surface area contributed by atoms with Gasteiger partial charge < -0.3 is 9.73 Å². The standard InChI is InChI=1S/C16H26N2O/c1-2-3-9-18(15-6-7-15)12-13-8-10-19-16(13)11-17-14-4-5-14/h8,10,14-15,17H,2-7,9,11-12H2,1H3. The summed E-state index contributed by atoms with van der Waals surface area (Å²) in [7, 11) is 0. The van der Waals surface area contributed by atoms with Crippen LogP contribution >= 0.6 is 0 Å². The molecule has 1 heterocycles. The van der Waals surface area contributed by atoms with Crippen LogP contribution in [0, 0.1) is 0 Å². The Kier molecular flexibility index (Phi) is 4.24. The summed E-state index contributed by atoms with van der Waals surface area (Å²) >= 11 is 0. The zero-order valence-corrected chi connectivity index (χ0v) is 12.0. The Hall–Kier alpha value is -0.800. The molecule has 2 saturated carbocycles. The Balaban J connectivity index is 1.55. The van der Waals surface area contributed by atoms with Crippen LogP contribution in [0.2, 0.25) is 0 Å². The second-order valence-corrected chi connectivity index (χ2v) is 6.08. The lowest BCUT2D eigenvalue weighted by atomic mass is 10.2. The molecule has 0 aliphatic heterocycles. The van der Waals surface area contributed by atoms with E-state index in [2.05, 4.69) is 23.2 Å². The normalized spacial score (nSPS) is 19.3. The van der Waals surface area contributed by atoms with E-state index in [0.717, 1.165) is 30.9 Å². The molecule has 19 heavy (non-hydrogen) atoms. The number of nitrogens with zero attached hydrogens (tertiary/aromatic N) is 1. The minimum absolute atomic E-state index is 0.748. The van der Waals surface area contributed by atoms with Crippen LogP contribution in [-0.4, -0.2) is 23.5 Å². The maximum atomic E-state index is 5.66. The zero-order valence-electron chi connectivity index (χ0n) is 12.0. The molecule has 3 heteroatoms. The summed E-state index contributed by atoms with van der Waals surface area (Å²) in [5.74, 6) is 1.15. The summed E-state index contributed by atoms with van der Waals surface area (Å²) < 4.78 is 5.66. The van der Waals surface area contributed by atoms with Crippen LogP contribution < -0.4 is 5.32 Å². The van der Waals surface area contributed by atoms with Crippen LogP contribution in [0.5, 0.6) is 0 Å². The van der Waals surface area contributed by atoms with E-state index in [4.69, 9.17) is 4.42 Å². The van der Waals surface area contributed by atoms with Gasteiger partial charge in [-0.3, -0.25) is 4.90 Å². The van der Waals surface area contributed by atoms with E-state index >= 15 is 0 Å². The molecular weight excluding hydrogens is 236 g/mol. The summed E-state index contributed by atoms with van der Waals surface area (Å²) in [6.07, 6.45) is 9.88. The molecule has 0 radical (unpaired) electrons. The van der Waals surface area contributed by atoms with Gasteiger partial charge in [-0.2, -0.15) is 0 Å². The molecule has 1 aromatic rings. The van der Waals surface area contributed by atoms with E-state index < -0.39 is 0 Å². The van der Waals surface area contributed by atoms with E-state index in [1.807, 2.05) is 6.26 Å². The summed E-state index contributed by atoms with van der Waals surface area (Å²) in [5.41, 5.74) is 1.39. The first-order valence-electron chi connectivity index (χ1n) is 7.89. The molecule has 1 N–H and O–H groups in total. The number of hydrogen-bond donors (Lipinski definition) is 1. The molecular formula is C16H26N2O. The van der Waals surface area contributed by atoms with Gasteiger partial charge in [-0.15, -0.1) is 0 Å². The zero-order chi connectivity index (χ0) is 13.1. The van der Waals surface area contributed by atoms with Crippen LogP contribution in [0.25, 0.3) is 0 Å². The van der Waals surface area contributed by atoms with Crippen LogP contribution in [0.15, 0.2) is 16.7 Å². The summed E-state index contributed by atoms with van der Waals surface area (Å²) in [6, 6.07) is 3.74. The van der Waals surface area contributed by atoms with Crippen LogP contribution in [0.1, 0.15) is 56.8 Å². The van der Waals surface area contributed by atoms with Gasteiger partial charge in [-0.25, -0.2) is 0 Å². The second-order valence-electron chi connectivity index (χ2n) is 6.08. The Morgan fingerprint density at radius 2 is 2.16 bits per heavy atom. The van der Waals surface area contributed by atoms with Crippen molar-refractivity contribution in [2.75, 3.05) is 6.54 Å². The minimum Gasteiger partial charge on any atom is -0.468 e. The first-order chi connectivity index (χ1) is 9.36. The summed E-state index contributed by atoms with van der Waals surface area (Å²) in [5, 5.41) is 3.55. The highest BCUT2D eigenvalue weighted by atomic mass is 16.3. The van der Waals surface area contributed by atoms with E-state index in [0.29, 0.717) is 0 Å². The quantitative estimate of drug-likeness (QED) is 0.740. The lowest BCUT2D eigenvalue weighted by molar-refractivity contribution is 0.248. The van der Waals surface area contributed by atoms with Crippen LogP contribution in [0.3, 0.4) is 0 Å². The van der Waals surface area contributed by atoms with Crippen molar-refractivity contribution in [3.63, 3.8) is 0 Å². The number of unbranched alkanes of at least 4 members (excludes halogenated alkanes) is 1. The van der Waals surface area contributed by atoms with E-state index in [-0.39, 0.29) is 0 Å². The molecule has 2 aliphatic carbocycles. The van der Waals surface area contributed by atoms with Crippen molar-refractivity contribution in [2.24, 2.45) is 0 Å². The molecule has 3 nitrogen and oxygen atoms in total. The molecule has 0 saturated heterocycles. The van der Waals surface area contributed by atoms with E-state index in [1.54, 1.807) is 0 Å². The topological polar surface area (TPSA) is 28.4 Å². The average molecular weight is 262 g/mol. The van der Waals surface area contributed by atoms with Crippen molar-refractivity contribution in [1.82, 2.24) is 10.2 Å². The highest BCUT2D eigenvalue weighted by molar-refractivity contribution is 5.17. The maximum absolute atomic E-state index is 5.66.